The van der Waals surface area contributed by atoms with Gasteiger partial charge in [0.1, 0.15) is 0 Å². The summed E-state index contributed by atoms with van der Waals surface area (Å²) in [6.07, 6.45) is 6.27. The Morgan fingerprint density at radius 3 is 3.00 bits per heavy atom. The molecule has 2 heteroatoms. The van der Waals surface area contributed by atoms with Crippen LogP contribution in [0.3, 0.4) is 0 Å². The SMILES string of the molecule is O=C1C2=CC(=C3N=CC=C13)C2. The van der Waals surface area contributed by atoms with Crippen LogP contribution in [0.15, 0.2) is 39.6 Å². The van der Waals surface area contributed by atoms with Crippen LogP contribution in [-0.2, 0) is 4.79 Å². The molecule has 0 spiro atoms. The summed E-state index contributed by atoms with van der Waals surface area (Å²) in [5.74, 6) is 0.174. The predicted octanol–water partition coefficient (Wildman–Crippen LogP) is 1.16. The van der Waals surface area contributed by atoms with E-state index in [2.05, 4.69) is 4.99 Å². The lowest BCUT2D eigenvalue weighted by Crippen LogP contribution is -2.20. The molecule has 0 amide bonds. The maximum atomic E-state index is 11.4. The first-order valence-electron chi connectivity index (χ1n) is 3.59. The summed E-state index contributed by atoms with van der Waals surface area (Å²) in [6, 6.07) is 0. The number of carbonyl (C=O) groups is 1. The van der Waals surface area contributed by atoms with Crippen LogP contribution >= 0.6 is 0 Å². The smallest absolute Gasteiger partial charge is 0.191 e. The lowest BCUT2D eigenvalue weighted by atomic mass is 9.78. The molecule has 0 aromatic rings. The lowest BCUT2D eigenvalue weighted by molar-refractivity contribution is -0.112. The highest BCUT2D eigenvalue weighted by Gasteiger charge is 2.34. The minimum atomic E-state index is 0.174. The average Bonchev–Trinajstić information content (AvgIpc) is 2.31. The molecule has 0 radical (unpaired) electrons. The molecule has 3 aliphatic carbocycles. The van der Waals surface area contributed by atoms with Crippen molar-refractivity contribution in [3.63, 3.8) is 0 Å². The number of Topliss-reactive ketones (excluding diaryl/α,β-unsaturated/α-hetero) is 1. The van der Waals surface area contributed by atoms with E-state index in [4.69, 9.17) is 0 Å². The second-order valence-corrected chi connectivity index (χ2v) is 2.91. The minimum absolute atomic E-state index is 0.174. The fourth-order valence-electron chi connectivity index (χ4n) is 1.63. The van der Waals surface area contributed by atoms with E-state index in [-0.39, 0.29) is 5.78 Å². The highest BCUT2D eigenvalue weighted by Crippen LogP contribution is 2.41. The van der Waals surface area contributed by atoms with Crippen LogP contribution in [0.4, 0.5) is 0 Å². The first-order valence-corrected chi connectivity index (χ1v) is 3.59. The van der Waals surface area contributed by atoms with E-state index >= 15 is 0 Å². The third kappa shape index (κ3) is 0.452. The monoisotopic (exact) mass is 143 g/mol. The number of hydrogen-bond donors (Lipinski definition) is 0. The number of ketones is 1. The molecule has 0 unspecified atom stereocenters. The molecule has 1 heterocycles. The summed E-state index contributed by atoms with van der Waals surface area (Å²) in [4.78, 5) is 15.5. The van der Waals surface area contributed by atoms with Crippen molar-refractivity contribution in [1.82, 2.24) is 0 Å². The average molecular weight is 143 g/mol. The van der Waals surface area contributed by atoms with Crippen LogP contribution in [0.2, 0.25) is 0 Å². The normalized spacial score (nSPS) is 24.5. The molecule has 0 saturated heterocycles. The van der Waals surface area contributed by atoms with Crippen molar-refractivity contribution in [3.8, 4) is 0 Å². The van der Waals surface area contributed by atoms with Gasteiger partial charge in [-0.15, -0.1) is 0 Å². The van der Waals surface area contributed by atoms with Gasteiger partial charge in [0.05, 0.1) is 5.70 Å². The molecule has 0 N–H and O–H groups in total. The van der Waals surface area contributed by atoms with Gasteiger partial charge in [-0.3, -0.25) is 9.79 Å². The first kappa shape index (κ1) is 5.24. The quantitative estimate of drug-likeness (QED) is 0.500. The Morgan fingerprint density at radius 1 is 1.45 bits per heavy atom. The second kappa shape index (κ2) is 1.42. The molecule has 4 rings (SSSR count). The van der Waals surface area contributed by atoms with Crippen molar-refractivity contribution in [2.24, 2.45) is 4.99 Å². The molecule has 2 bridgehead atoms. The highest BCUT2D eigenvalue weighted by molar-refractivity contribution is 6.18. The number of rotatable bonds is 0. The topological polar surface area (TPSA) is 29.4 Å². The van der Waals surface area contributed by atoms with Crippen molar-refractivity contribution in [2.75, 3.05) is 0 Å². The Balaban J connectivity index is 2.35. The van der Waals surface area contributed by atoms with E-state index in [1.54, 1.807) is 12.3 Å². The van der Waals surface area contributed by atoms with E-state index in [1.807, 2.05) is 6.08 Å². The fraction of sp³-hybridized carbons (Fsp3) is 0.111. The van der Waals surface area contributed by atoms with Crippen LogP contribution in [0.5, 0.6) is 0 Å². The van der Waals surface area contributed by atoms with Gasteiger partial charge in [-0.25, -0.2) is 0 Å². The van der Waals surface area contributed by atoms with Gasteiger partial charge in [0.25, 0.3) is 0 Å². The standard InChI is InChI=1S/C9H5NO/c11-9-6-3-5(4-6)8-7(9)1-2-10-8/h1-3H,4H2. The van der Waals surface area contributed by atoms with E-state index in [1.165, 1.54) is 5.57 Å². The summed E-state index contributed by atoms with van der Waals surface area (Å²) < 4.78 is 0. The number of aliphatic imine (C=N–C) groups is 1. The molecule has 2 nitrogen and oxygen atoms in total. The molecule has 4 aliphatic rings. The van der Waals surface area contributed by atoms with Gasteiger partial charge >= 0.3 is 0 Å². The molecule has 0 fully saturated rings. The third-order valence-electron chi connectivity index (χ3n) is 2.27. The van der Waals surface area contributed by atoms with Crippen LogP contribution in [0.1, 0.15) is 6.42 Å². The largest absolute Gasteiger partial charge is 0.289 e. The Hall–Kier alpha value is -1.44. The van der Waals surface area contributed by atoms with E-state index in [9.17, 15) is 4.79 Å². The second-order valence-electron chi connectivity index (χ2n) is 2.91. The molecule has 0 saturated carbocycles. The Labute approximate surface area is 63.6 Å². The molecule has 0 aromatic heterocycles. The fourth-order valence-corrected chi connectivity index (χ4v) is 1.63. The maximum Gasteiger partial charge on any atom is 0.191 e. The molecule has 11 heavy (non-hydrogen) atoms. The Kier molecular flexibility index (Phi) is 0.677. The van der Waals surface area contributed by atoms with E-state index in [0.29, 0.717) is 0 Å². The molecule has 1 aliphatic heterocycles. The number of allylic oxidation sites excluding steroid dienone is 5. The summed E-state index contributed by atoms with van der Waals surface area (Å²) in [5, 5.41) is 0. The van der Waals surface area contributed by atoms with Gasteiger partial charge in [0.2, 0.25) is 0 Å². The molecule has 52 valence electrons. The molecule has 0 aromatic carbocycles. The summed E-state index contributed by atoms with van der Waals surface area (Å²) in [6.45, 7) is 0. The van der Waals surface area contributed by atoms with Gasteiger partial charge in [-0.1, -0.05) is 0 Å². The van der Waals surface area contributed by atoms with E-state index < -0.39 is 0 Å². The van der Waals surface area contributed by atoms with Crippen molar-refractivity contribution in [3.05, 3.63) is 34.6 Å². The molecular weight excluding hydrogens is 138 g/mol. The predicted molar refractivity (Wildman–Crippen MR) is 41.3 cm³/mol. The highest BCUT2D eigenvalue weighted by atomic mass is 16.1. The van der Waals surface area contributed by atoms with Gasteiger partial charge in [-0.05, 0) is 17.7 Å². The number of hydrogen-bond acceptors (Lipinski definition) is 2. The maximum absolute atomic E-state index is 11.4. The van der Waals surface area contributed by atoms with Crippen LogP contribution in [0, 0.1) is 0 Å². The molecular formula is C9H5NO. The Bertz CT molecular complexity index is 394. The Morgan fingerprint density at radius 2 is 2.27 bits per heavy atom. The van der Waals surface area contributed by atoms with E-state index in [0.717, 1.165) is 23.3 Å². The van der Waals surface area contributed by atoms with Gasteiger partial charge < -0.3 is 0 Å². The number of carbonyl (C=O) groups excluding carboxylic acids is 1. The van der Waals surface area contributed by atoms with Gasteiger partial charge in [0.15, 0.2) is 5.78 Å². The van der Waals surface area contributed by atoms with Crippen LogP contribution < -0.4 is 0 Å². The first-order chi connectivity index (χ1) is 5.36. The van der Waals surface area contributed by atoms with Crippen molar-refractivity contribution >= 4 is 12.0 Å². The molecule has 0 atom stereocenters. The zero-order chi connectivity index (χ0) is 7.42. The van der Waals surface area contributed by atoms with Gasteiger partial charge in [0, 0.05) is 23.8 Å². The van der Waals surface area contributed by atoms with Crippen LogP contribution in [0.25, 0.3) is 0 Å². The minimum Gasteiger partial charge on any atom is -0.289 e. The number of nitrogens with zero attached hydrogens (tertiary/aromatic N) is 1. The van der Waals surface area contributed by atoms with Crippen molar-refractivity contribution in [2.45, 2.75) is 6.42 Å². The summed E-state index contributed by atoms with van der Waals surface area (Å²) in [5.41, 5.74) is 3.87. The van der Waals surface area contributed by atoms with Crippen LogP contribution in [-0.4, -0.2) is 12.0 Å². The van der Waals surface area contributed by atoms with Crippen molar-refractivity contribution < 1.29 is 4.79 Å². The lowest BCUT2D eigenvalue weighted by Gasteiger charge is -2.25. The third-order valence-corrected chi connectivity index (χ3v) is 2.27. The van der Waals surface area contributed by atoms with Gasteiger partial charge in [-0.2, -0.15) is 0 Å². The zero-order valence-corrected chi connectivity index (χ0v) is 5.79. The zero-order valence-electron chi connectivity index (χ0n) is 5.79. The van der Waals surface area contributed by atoms with Crippen molar-refractivity contribution in [1.29, 1.82) is 0 Å². The summed E-state index contributed by atoms with van der Waals surface area (Å²) >= 11 is 0. The summed E-state index contributed by atoms with van der Waals surface area (Å²) in [7, 11) is 0.